The molecule has 1 aliphatic rings. The molecule has 1 aromatic heterocycles. The number of anilines is 1. The van der Waals surface area contributed by atoms with Crippen molar-refractivity contribution in [2.45, 2.75) is 25.3 Å². The monoisotopic (exact) mass is 194 g/mol. The normalized spacial score (nSPS) is 16.4. The van der Waals surface area contributed by atoms with Crippen molar-refractivity contribution in [3.05, 3.63) is 11.9 Å². The molecule has 1 saturated carbocycles. The smallest absolute Gasteiger partial charge is 0.271 e. The van der Waals surface area contributed by atoms with E-state index in [1.165, 1.54) is 17.3 Å². The largest absolute Gasteiger partial charge is 0.396 e. The summed E-state index contributed by atoms with van der Waals surface area (Å²) in [5.74, 6) is -0.118. The van der Waals surface area contributed by atoms with Gasteiger partial charge in [0.2, 0.25) is 0 Å². The fourth-order valence-electron chi connectivity index (χ4n) is 1.54. The molecule has 2 rings (SSSR count). The van der Waals surface area contributed by atoms with Gasteiger partial charge in [-0.25, -0.2) is 0 Å². The van der Waals surface area contributed by atoms with Crippen LogP contribution in [0.4, 0.5) is 5.69 Å². The third-order valence-electron chi connectivity index (χ3n) is 2.62. The molecule has 0 saturated heterocycles. The van der Waals surface area contributed by atoms with E-state index >= 15 is 0 Å². The summed E-state index contributed by atoms with van der Waals surface area (Å²) in [4.78, 5) is 11.7. The van der Waals surface area contributed by atoms with Crippen LogP contribution in [0.1, 0.15) is 29.8 Å². The van der Waals surface area contributed by atoms with Crippen molar-refractivity contribution >= 4 is 11.6 Å². The summed E-state index contributed by atoms with van der Waals surface area (Å²) in [5, 5.41) is 6.84. The van der Waals surface area contributed by atoms with E-state index in [0.29, 0.717) is 17.4 Å². The Bertz CT molecular complexity index is 334. The molecule has 3 N–H and O–H groups in total. The van der Waals surface area contributed by atoms with Crippen molar-refractivity contribution < 1.29 is 4.79 Å². The number of amides is 1. The first kappa shape index (κ1) is 9.05. The summed E-state index contributed by atoms with van der Waals surface area (Å²) in [5.41, 5.74) is 6.52. The van der Waals surface area contributed by atoms with Crippen LogP contribution in [0.5, 0.6) is 0 Å². The zero-order chi connectivity index (χ0) is 10.1. The Labute approximate surface area is 82.3 Å². The van der Waals surface area contributed by atoms with Crippen LogP contribution in [0.15, 0.2) is 6.20 Å². The highest BCUT2D eigenvalue weighted by molar-refractivity contribution is 5.97. The lowest BCUT2D eigenvalue weighted by molar-refractivity contribution is 0.0908. The van der Waals surface area contributed by atoms with Crippen LogP contribution in [0.25, 0.3) is 0 Å². The zero-order valence-electron chi connectivity index (χ0n) is 8.16. The third-order valence-corrected chi connectivity index (χ3v) is 2.62. The third kappa shape index (κ3) is 1.45. The second kappa shape index (κ2) is 3.32. The number of nitrogens with zero attached hydrogens (tertiary/aromatic N) is 2. The summed E-state index contributed by atoms with van der Waals surface area (Å²) in [7, 11) is 1.71. The Balaban J connectivity index is 2.09. The lowest BCUT2D eigenvalue weighted by Crippen LogP contribution is -2.40. The van der Waals surface area contributed by atoms with Crippen molar-refractivity contribution in [2.24, 2.45) is 7.05 Å². The Hall–Kier alpha value is -1.52. The van der Waals surface area contributed by atoms with E-state index in [9.17, 15) is 4.79 Å². The molecule has 0 spiro atoms. The highest BCUT2D eigenvalue weighted by Crippen LogP contribution is 2.19. The van der Waals surface area contributed by atoms with Crippen LogP contribution in [0.3, 0.4) is 0 Å². The van der Waals surface area contributed by atoms with E-state index in [-0.39, 0.29) is 5.91 Å². The van der Waals surface area contributed by atoms with Crippen LogP contribution in [0.2, 0.25) is 0 Å². The molecular formula is C9H14N4O. The second-order valence-electron chi connectivity index (χ2n) is 3.67. The van der Waals surface area contributed by atoms with Gasteiger partial charge in [-0.15, -0.1) is 0 Å². The molecular weight excluding hydrogens is 180 g/mol. The van der Waals surface area contributed by atoms with Gasteiger partial charge in [-0.3, -0.25) is 9.48 Å². The summed E-state index contributed by atoms with van der Waals surface area (Å²) in [6.45, 7) is 0. The Morgan fingerprint density at radius 3 is 2.86 bits per heavy atom. The van der Waals surface area contributed by atoms with Crippen molar-refractivity contribution in [1.82, 2.24) is 15.1 Å². The fourth-order valence-corrected chi connectivity index (χ4v) is 1.54. The minimum Gasteiger partial charge on any atom is -0.396 e. The molecule has 1 heterocycles. The number of carbonyl (C=O) groups excluding carboxylic acids is 1. The number of aromatic nitrogens is 2. The fraction of sp³-hybridized carbons (Fsp3) is 0.556. The average molecular weight is 194 g/mol. The van der Waals surface area contributed by atoms with Gasteiger partial charge < -0.3 is 11.1 Å². The van der Waals surface area contributed by atoms with Gasteiger partial charge in [-0.2, -0.15) is 5.10 Å². The number of rotatable bonds is 2. The van der Waals surface area contributed by atoms with Crippen molar-refractivity contribution in [3.8, 4) is 0 Å². The Morgan fingerprint density at radius 1 is 1.71 bits per heavy atom. The minimum atomic E-state index is -0.118. The molecule has 14 heavy (non-hydrogen) atoms. The van der Waals surface area contributed by atoms with Gasteiger partial charge in [0, 0.05) is 13.1 Å². The van der Waals surface area contributed by atoms with Gasteiger partial charge in [0.25, 0.3) is 5.91 Å². The first-order chi connectivity index (χ1) is 6.68. The molecule has 0 unspecified atom stereocenters. The lowest BCUT2D eigenvalue weighted by atomic mass is 9.93. The van der Waals surface area contributed by atoms with Gasteiger partial charge in [0.1, 0.15) is 5.69 Å². The van der Waals surface area contributed by atoms with Gasteiger partial charge in [0.05, 0.1) is 11.9 Å². The standard InChI is InChI=1S/C9H14N4O/c1-13-8(7(10)5-11-13)9(14)12-6-3-2-4-6/h5-6H,2-4,10H2,1H3,(H,12,14). The molecule has 5 heteroatoms. The van der Waals surface area contributed by atoms with Gasteiger partial charge >= 0.3 is 0 Å². The molecule has 0 atom stereocenters. The number of nitrogen functional groups attached to an aromatic ring is 1. The van der Waals surface area contributed by atoms with E-state index in [2.05, 4.69) is 10.4 Å². The SMILES string of the molecule is Cn1ncc(N)c1C(=O)NC1CCC1. The van der Waals surface area contributed by atoms with E-state index in [4.69, 9.17) is 5.73 Å². The predicted molar refractivity (Wildman–Crippen MR) is 52.7 cm³/mol. The molecule has 76 valence electrons. The summed E-state index contributed by atoms with van der Waals surface area (Å²) in [6.07, 6.45) is 4.84. The topological polar surface area (TPSA) is 72.9 Å². The first-order valence-corrected chi connectivity index (χ1v) is 4.77. The lowest BCUT2D eigenvalue weighted by Gasteiger charge is -2.26. The van der Waals surface area contributed by atoms with Crippen molar-refractivity contribution in [2.75, 3.05) is 5.73 Å². The van der Waals surface area contributed by atoms with Gasteiger partial charge in [0.15, 0.2) is 0 Å². The van der Waals surface area contributed by atoms with E-state index in [1.54, 1.807) is 7.05 Å². The van der Waals surface area contributed by atoms with Gasteiger partial charge in [-0.1, -0.05) is 0 Å². The van der Waals surface area contributed by atoms with Crippen molar-refractivity contribution in [3.63, 3.8) is 0 Å². The average Bonchev–Trinajstić information content (AvgIpc) is 2.39. The van der Waals surface area contributed by atoms with E-state index < -0.39 is 0 Å². The van der Waals surface area contributed by atoms with Crippen molar-refractivity contribution in [1.29, 1.82) is 0 Å². The first-order valence-electron chi connectivity index (χ1n) is 4.77. The molecule has 1 amide bonds. The number of hydrogen-bond acceptors (Lipinski definition) is 3. The summed E-state index contributed by atoms with van der Waals surface area (Å²) < 4.78 is 1.50. The molecule has 0 aliphatic heterocycles. The maximum atomic E-state index is 11.7. The van der Waals surface area contributed by atoms with Crippen LogP contribution >= 0.6 is 0 Å². The summed E-state index contributed by atoms with van der Waals surface area (Å²) >= 11 is 0. The molecule has 0 aromatic carbocycles. The van der Waals surface area contributed by atoms with Gasteiger partial charge in [-0.05, 0) is 19.3 Å². The van der Waals surface area contributed by atoms with Crippen LogP contribution in [0, 0.1) is 0 Å². The van der Waals surface area contributed by atoms with E-state index in [0.717, 1.165) is 12.8 Å². The second-order valence-corrected chi connectivity index (χ2v) is 3.67. The number of nitrogens with one attached hydrogen (secondary N) is 1. The molecule has 0 radical (unpaired) electrons. The van der Waals surface area contributed by atoms with Crippen LogP contribution in [-0.4, -0.2) is 21.7 Å². The van der Waals surface area contributed by atoms with Crippen LogP contribution in [-0.2, 0) is 7.05 Å². The quantitative estimate of drug-likeness (QED) is 0.710. The molecule has 1 fully saturated rings. The maximum Gasteiger partial charge on any atom is 0.271 e. The molecule has 5 nitrogen and oxygen atoms in total. The number of hydrogen-bond donors (Lipinski definition) is 2. The highest BCUT2D eigenvalue weighted by Gasteiger charge is 2.22. The summed E-state index contributed by atoms with van der Waals surface area (Å²) in [6, 6.07) is 0.330. The number of carbonyl (C=O) groups is 1. The maximum absolute atomic E-state index is 11.7. The molecule has 0 bridgehead atoms. The highest BCUT2D eigenvalue weighted by atomic mass is 16.2. The zero-order valence-corrected chi connectivity index (χ0v) is 8.16. The Kier molecular flexibility index (Phi) is 2.15. The number of aryl methyl sites for hydroxylation is 1. The van der Waals surface area contributed by atoms with Crippen LogP contribution < -0.4 is 11.1 Å². The molecule has 1 aliphatic carbocycles. The number of nitrogens with two attached hydrogens (primary N) is 1. The minimum absolute atomic E-state index is 0.118. The predicted octanol–water partition coefficient (Wildman–Crippen LogP) is 0.285. The Morgan fingerprint density at radius 2 is 2.43 bits per heavy atom. The molecule has 1 aromatic rings. The van der Waals surface area contributed by atoms with E-state index in [1.807, 2.05) is 0 Å².